The summed E-state index contributed by atoms with van der Waals surface area (Å²) >= 11 is 0. The Morgan fingerprint density at radius 3 is 2.50 bits per heavy atom. The Balaban J connectivity index is 1.72. The summed E-state index contributed by atoms with van der Waals surface area (Å²) in [6.45, 7) is 2.52. The molecular formula is C23H29N3O5S. The molecule has 1 aliphatic rings. The van der Waals surface area contributed by atoms with Crippen molar-refractivity contribution in [1.29, 1.82) is 0 Å². The second kappa shape index (κ2) is 10.1. The van der Waals surface area contributed by atoms with Crippen LogP contribution in [-0.2, 0) is 14.8 Å². The number of sulfonamides is 1. The van der Waals surface area contributed by atoms with Crippen LogP contribution in [-0.4, -0.2) is 63.2 Å². The molecule has 3 rings (SSSR count). The van der Waals surface area contributed by atoms with E-state index < -0.39 is 15.9 Å². The molecule has 1 saturated heterocycles. The third-order valence-corrected chi connectivity index (χ3v) is 7.49. The Labute approximate surface area is 189 Å². The number of aryl methyl sites for hydroxylation is 1. The van der Waals surface area contributed by atoms with Crippen molar-refractivity contribution in [3.63, 3.8) is 0 Å². The topological polar surface area (TPSA) is 96.0 Å². The summed E-state index contributed by atoms with van der Waals surface area (Å²) in [6, 6.07) is 11.5. The van der Waals surface area contributed by atoms with Crippen LogP contribution in [0.3, 0.4) is 0 Å². The van der Waals surface area contributed by atoms with Crippen LogP contribution in [0.4, 0.5) is 5.69 Å². The number of piperidine rings is 1. The number of benzene rings is 2. The molecule has 0 unspecified atom stereocenters. The molecule has 0 radical (unpaired) electrons. The Hall–Kier alpha value is -2.91. The number of nitrogens with zero attached hydrogens (tertiary/aromatic N) is 2. The third kappa shape index (κ3) is 5.46. The highest BCUT2D eigenvalue weighted by Gasteiger charge is 2.28. The molecule has 0 saturated carbocycles. The highest BCUT2D eigenvalue weighted by atomic mass is 32.2. The van der Waals surface area contributed by atoms with Crippen LogP contribution in [0.25, 0.3) is 0 Å². The molecule has 0 aromatic heterocycles. The second-order valence-corrected chi connectivity index (χ2v) is 9.79. The van der Waals surface area contributed by atoms with Crippen molar-refractivity contribution >= 4 is 27.5 Å². The van der Waals surface area contributed by atoms with Crippen molar-refractivity contribution in [2.24, 2.45) is 0 Å². The zero-order valence-electron chi connectivity index (χ0n) is 18.6. The van der Waals surface area contributed by atoms with Crippen LogP contribution < -0.4 is 10.1 Å². The fourth-order valence-corrected chi connectivity index (χ4v) is 5.43. The molecule has 2 amide bonds. The maximum Gasteiger partial charge on any atom is 0.254 e. The van der Waals surface area contributed by atoms with Gasteiger partial charge in [-0.3, -0.25) is 9.59 Å². The van der Waals surface area contributed by atoms with E-state index >= 15 is 0 Å². The van der Waals surface area contributed by atoms with E-state index in [1.807, 2.05) is 0 Å². The van der Waals surface area contributed by atoms with Gasteiger partial charge in [-0.1, -0.05) is 18.6 Å². The number of nitrogens with one attached hydrogen (secondary N) is 1. The van der Waals surface area contributed by atoms with Gasteiger partial charge in [0.25, 0.3) is 5.91 Å². The van der Waals surface area contributed by atoms with Crippen molar-refractivity contribution in [2.45, 2.75) is 31.1 Å². The lowest BCUT2D eigenvalue weighted by molar-refractivity contribution is -0.116. The summed E-state index contributed by atoms with van der Waals surface area (Å²) in [7, 11) is -0.631. The van der Waals surface area contributed by atoms with Gasteiger partial charge in [-0.2, -0.15) is 4.31 Å². The molecule has 0 aliphatic carbocycles. The van der Waals surface area contributed by atoms with Gasteiger partial charge >= 0.3 is 0 Å². The Morgan fingerprint density at radius 2 is 1.81 bits per heavy atom. The van der Waals surface area contributed by atoms with E-state index in [2.05, 4.69) is 5.32 Å². The first-order valence-electron chi connectivity index (χ1n) is 10.5. The van der Waals surface area contributed by atoms with E-state index in [9.17, 15) is 18.0 Å². The number of anilines is 1. The molecular weight excluding hydrogens is 430 g/mol. The van der Waals surface area contributed by atoms with Crippen molar-refractivity contribution in [1.82, 2.24) is 9.21 Å². The molecule has 9 heteroatoms. The second-order valence-electron chi connectivity index (χ2n) is 7.89. The summed E-state index contributed by atoms with van der Waals surface area (Å²) in [6.07, 6.45) is 2.69. The standard InChI is InChI=1S/C23H29N3O5S/c1-17-10-11-18(14-21(17)32(29,30)26-12-5-4-6-13-26)23(28)25(2)16-22(27)24-19-8-7-9-20(15-19)31-3/h7-11,14-15H,4-6,12-13,16H2,1-3H3,(H,24,27). The zero-order chi connectivity index (χ0) is 23.3. The highest BCUT2D eigenvalue weighted by Crippen LogP contribution is 2.25. The van der Waals surface area contributed by atoms with Crippen LogP contribution in [0, 0.1) is 6.92 Å². The minimum atomic E-state index is -3.67. The zero-order valence-corrected chi connectivity index (χ0v) is 19.4. The molecule has 0 bridgehead atoms. The predicted molar refractivity (Wildman–Crippen MR) is 122 cm³/mol. The lowest BCUT2D eigenvalue weighted by Crippen LogP contribution is -2.37. The normalized spacial score (nSPS) is 14.6. The quantitative estimate of drug-likeness (QED) is 0.687. The fraction of sp³-hybridized carbons (Fsp3) is 0.391. The van der Waals surface area contributed by atoms with Gasteiger partial charge in [-0.05, 0) is 49.6 Å². The van der Waals surface area contributed by atoms with Crippen molar-refractivity contribution in [3.8, 4) is 5.75 Å². The van der Waals surface area contributed by atoms with E-state index in [-0.39, 0.29) is 22.9 Å². The lowest BCUT2D eigenvalue weighted by Gasteiger charge is -2.27. The monoisotopic (exact) mass is 459 g/mol. The molecule has 1 N–H and O–H groups in total. The first-order valence-corrected chi connectivity index (χ1v) is 12.0. The van der Waals surface area contributed by atoms with Crippen molar-refractivity contribution in [2.75, 3.05) is 39.1 Å². The largest absolute Gasteiger partial charge is 0.497 e. The summed E-state index contributed by atoms with van der Waals surface area (Å²) < 4.78 is 32.8. The van der Waals surface area contributed by atoms with Crippen LogP contribution in [0.2, 0.25) is 0 Å². The molecule has 2 aromatic carbocycles. The summed E-state index contributed by atoms with van der Waals surface area (Å²) in [5.41, 5.74) is 1.37. The average Bonchev–Trinajstić information content (AvgIpc) is 2.79. The van der Waals surface area contributed by atoms with Gasteiger partial charge in [0, 0.05) is 37.5 Å². The van der Waals surface area contributed by atoms with E-state index in [0.29, 0.717) is 30.1 Å². The van der Waals surface area contributed by atoms with Gasteiger partial charge in [-0.15, -0.1) is 0 Å². The molecule has 2 aromatic rings. The molecule has 172 valence electrons. The van der Waals surface area contributed by atoms with E-state index in [1.165, 1.54) is 29.4 Å². The number of hydrogen-bond acceptors (Lipinski definition) is 5. The number of rotatable bonds is 7. The van der Waals surface area contributed by atoms with Crippen molar-refractivity contribution < 1.29 is 22.7 Å². The number of carbonyl (C=O) groups excluding carboxylic acids is 2. The van der Waals surface area contributed by atoms with Gasteiger partial charge in [0.05, 0.1) is 18.6 Å². The number of ether oxygens (including phenoxy) is 1. The SMILES string of the molecule is COc1cccc(NC(=O)CN(C)C(=O)c2ccc(C)c(S(=O)(=O)N3CCCCC3)c2)c1. The highest BCUT2D eigenvalue weighted by molar-refractivity contribution is 7.89. The maximum atomic E-state index is 13.1. The summed E-state index contributed by atoms with van der Waals surface area (Å²) in [5.74, 6) is -0.197. The van der Waals surface area contributed by atoms with Gasteiger partial charge < -0.3 is 15.0 Å². The molecule has 0 spiro atoms. The number of amides is 2. The molecule has 1 heterocycles. The summed E-state index contributed by atoms with van der Waals surface area (Å²) in [4.78, 5) is 26.7. The van der Waals surface area contributed by atoms with E-state index in [1.54, 1.807) is 43.3 Å². The predicted octanol–water partition coefficient (Wildman–Crippen LogP) is 2.89. The Morgan fingerprint density at radius 1 is 1.09 bits per heavy atom. The number of hydrogen-bond donors (Lipinski definition) is 1. The van der Waals surface area contributed by atoms with Gasteiger partial charge in [-0.25, -0.2) is 8.42 Å². The minimum Gasteiger partial charge on any atom is -0.497 e. The number of methoxy groups -OCH3 is 1. The maximum absolute atomic E-state index is 13.1. The fourth-order valence-electron chi connectivity index (χ4n) is 3.66. The van der Waals surface area contributed by atoms with Crippen LogP contribution in [0.5, 0.6) is 5.75 Å². The minimum absolute atomic E-state index is 0.138. The van der Waals surface area contributed by atoms with Crippen LogP contribution in [0.15, 0.2) is 47.4 Å². The lowest BCUT2D eigenvalue weighted by atomic mass is 10.1. The number of carbonyl (C=O) groups is 2. The van der Waals surface area contributed by atoms with E-state index in [4.69, 9.17) is 4.74 Å². The molecule has 8 nitrogen and oxygen atoms in total. The molecule has 0 atom stereocenters. The summed E-state index contributed by atoms with van der Waals surface area (Å²) in [5, 5.41) is 2.73. The van der Waals surface area contributed by atoms with Gasteiger partial charge in [0.2, 0.25) is 15.9 Å². The molecule has 1 fully saturated rings. The Bertz CT molecular complexity index is 1090. The van der Waals surface area contributed by atoms with Crippen LogP contribution >= 0.6 is 0 Å². The van der Waals surface area contributed by atoms with Crippen LogP contribution in [0.1, 0.15) is 35.2 Å². The molecule has 1 aliphatic heterocycles. The van der Waals surface area contributed by atoms with Gasteiger partial charge in [0.15, 0.2) is 0 Å². The average molecular weight is 460 g/mol. The molecule has 32 heavy (non-hydrogen) atoms. The van der Waals surface area contributed by atoms with E-state index in [0.717, 1.165) is 19.3 Å². The van der Waals surface area contributed by atoms with Gasteiger partial charge in [0.1, 0.15) is 5.75 Å². The first-order chi connectivity index (χ1) is 15.2. The third-order valence-electron chi connectivity index (χ3n) is 5.45. The number of likely N-dealkylation sites (N-methyl/N-ethyl adjacent to an activating group) is 1. The first kappa shape index (κ1) is 23.7. The smallest absolute Gasteiger partial charge is 0.254 e. The Kier molecular flexibility index (Phi) is 7.52. The van der Waals surface area contributed by atoms with Crippen molar-refractivity contribution in [3.05, 3.63) is 53.6 Å².